The van der Waals surface area contributed by atoms with Crippen LogP contribution in [0.4, 0.5) is 4.39 Å². The molecule has 2 rings (SSSR count). The first kappa shape index (κ1) is 14.7. The van der Waals surface area contributed by atoms with Gasteiger partial charge >= 0.3 is 0 Å². The van der Waals surface area contributed by atoms with E-state index in [1.165, 1.54) is 12.1 Å². The topological polar surface area (TPSA) is 54.3 Å². The SMILES string of the molecule is CC(=NO)c1ccc(F)cc1OCCN1CCOCC1. The lowest BCUT2D eigenvalue weighted by Crippen LogP contribution is -2.38. The molecule has 6 heteroatoms. The molecule has 20 heavy (non-hydrogen) atoms. The minimum atomic E-state index is -0.374. The second-order valence-electron chi connectivity index (χ2n) is 4.63. The minimum Gasteiger partial charge on any atom is -0.491 e. The van der Waals surface area contributed by atoms with Crippen LogP contribution in [0.15, 0.2) is 23.4 Å². The van der Waals surface area contributed by atoms with Gasteiger partial charge in [-0.25, -0.2) is 4.39 Å². The summed E-state index contributed by atoms with van der Waals surface area (Å²) in [5.74, 6) is 0.0226. The minimum absolute atomic E-state index is 0.374. The Morgan fingerprint density at radius 2 is 2.20 bits per heavy atom. The zero-order valence-electron chi connectivity index (χ0n) is 11.5. The summed E-state index contributed by atoms with van der Waals surface area (Å²) in [6.07, 6.45) is 0. The summed E-state index contributed by atoms with van der Waals surface area (Å²) in [7, 11) is 0. The molecule has 5 nitrogen and oxygen atoms in total. The van der Waals surface area contributed by atoms with E-state index in [9.17, 15) is 4.39 Å². The fourth-order valence-electron chi connectivity index (χ4n) is 2.08. The Morgan fingerprint density at radius 1 is 1.45 bits per heavy atom. The molecule has 0 atom stereocenters. The van der Waals surface area contributed by atoms with Gasteiger partial charge in [-0.1, -0.05) is 5.16 Å². The molecule has 110 valence electrons. The third-order valence-corrected chi connectivity index (χ3v) is 3.25. The highest BCUT2D eigenvalue weighted by molar-refractivity contribution is 6.00. The average molecular weight is 282 g/mol. The summed E-state index contributed by atoms with van der Waals surface area (Å²) in [6.45, 7) is 6.10. The quantitative estimate of drug-likeness (QED) is 0.508. The highest BCUT2D eigenvalue weighted by Crippen LogP contribution is 2.21. The predicted molar refractivity (Wildman–Crippen MR) is 73.2 cm³/mol. The van der Waals surface area contributed by atoms with Gasteiger partial charge < -0.3 is 14.7 Å². The van der Waals surface area contributed by atoms with Crippen LogP contribution in [0.1, 0.15) is 12.5 Å². The zero-order chi connectivity index (χ0) is 14.4. The second-order valence-corrected chi connectivity index (χ2v) is 4.63. The number of halogens is 1. The van der Waals surface area contributed by atoms with Crippen LogP contribution in [0.3, 0.4) is 0 Å². The van der Waals surface area contributed by atoms with Crippen molar-refractivity contribution in [2.24, 2.45) is 5.16 Å². The van der Waals surface area contributed by atoms with E-state index in [4.69, 9.17) is 14.7 Å². The number of rotatable bonds is 5. The van der Waals surface area contributed by atoms with Gasteiger partial charge in [-0.2, -0.15) is 0 Å². The van der Waals surface area contributed by atoms with E-state index in [1.54, 1.807) is 13.0 Å². The van der Waals surface area contributed by atoms with Gasteiger partial charge in [0.1, 0.15) is 18.2 Å². The van der Waals surface area contributed by atoms with E-state index in [0.717, 1.165) is 32.8 Å². The molecule has 0 saturated carbocycles. The number of ether oxygens (including phenoxy) is 2. The molecule has 1 aliphatic rings. The Morgan fingerprint density at radius 3 is 2.90 bits per heavy atom. The average Bonchev–Trinajstić information content (AvgIpc) is 2.48. The van der Waals surface area contributed by atoms with Gasteiger partial charge in [0.05, 0.1) is 18.9 Å². The monoisotopic (exact) mass is 282 g/mol. The van der Waals surface area contributed by atoms with Gasteiger partial charge in [-0.05, 0) is 19.1 Å². The largest absolute Gasteiger partial charge is 0.491 e. The third kappa shape index (κ3) is 3.91. The van der Waals surface area contributed by atoms with E-state index in [-0.39, 0.29) is 5.82 Å². The second kappa shape index (κ2) is 7.21. The summed E-state index contributed by atoms with van der Waals surface area (Å²) in [5.41, 5.74) is 0.988. The summed E-state index contributed by atoms with van der Waals surface area (Å²) in [4.78, 5) is 2.23. The van der Waals surface area contributed by atoms with Crippen molar-refractivity contribution < 1.29 is 19.1 Å². The number of benzene rings is 1. The molecule has 0 bridgehead atoms. The molecule has 1 saturated heterocycles. The van der Waals surface area contributed by atoms with Gasteiger partial charge in [0.2, 0.25) is 0 Å². The zero-order valence-corrected chi connectivity index (χ0v) is 11.5. The van der Waals surface area contributed by atoms with Crippen LogP contribution < -0.4 is 4.74 Å². The van der Waals surface area contributed by atoms with Crippen LogP contribution in [-0.4, -0.2) is 55.3 Å². The first-order chi connectivity index (χ1) is 9.70. The van der Waals surface area contributed by atoms with Crippen molar-refractivity contribution in [3.8, 4) is 5.75 Å². The number of morpholine rings is 1. The van der Waals surface area contributed by atoms with E-state index >= 15 is 0 Å². The van der Waals surface area contributed by atoms with Crippen LogP contribution in [0.25, 0.3) is 0 Å². The maximum absolute atomic E-state index is 13.3. The molecule has 0 spiro atoms. The van der Waals surface area contributed by atoms with Crippen LogP contribution in [0.5, 0.6) is 5.75 Å². The molecule has 0 unspecified atom stereocenters. The van der Waals surface area contributed by atoms with Gasteiger partial charge in [0.15, 0.2) is 0 Å². The Hall–Kier alpha value is -1.66. The Labute approximate surface area is 117 Å². The number of nitrogens with zero attached hydrogens (tertiary/aromatic N) is 2. The van der Waals surface area contributed by atoms with Crippen molar-refractivity contribution in [2.45, 2.75) is 6.92 Å². The van der Waals surface area contributed by atoms with Gasteiger partial charge in [0, 0.05) is 31.3 Å². The predicted octanol–water partition coefficient (Wildman–Crippen LogP) is 1.73. The van der Waals surface area contributed by atoms with Gasteiger partial charge in [0.25, 0.3) is 0 Å². The van der Waals surface area contributed by atoms with E-state index < -0.39 is 0 Å². The Balaban J connectivity index is 1.95. The summed E-state index contributed by atoms with van der Waals surface area (Å²) < 4.78 is 24.2. The molecule has 1 aromatic rings. The molecule has 1 heterocycles. The fraction of sp³-hybridized carbons (Fsp3) is 0.500. The molecule has 0 aliphatic carbocycles. The van der Waals surface area contributed by atoms with E-state index in [2.05, 4.69) is 10.1 Å². The normalized spacial score (nSPS) is 17.2. The van der Waals surface area contributed by atoms with Crippen molar-refractivity contribution in [1.29, 1.82) is 0 Å². The first-order valence-electron chi connectivity index (χ1n) is 6.62. The summed E-state index contributed by atoms with van der Waals surface area (Å²) in [5, 5.41) is 12.0. The highest BCUT2D eigenvalue weighted by atomic mass is 19.1. The number of hydrogen-bond acceptors (Lipinski definition) is 5. The molecule has 0 amide bonds. The number of oxime groups is 1. The van der Waals surface area contributed by atoms with Crippen molar-refractivity contribution >= 4 is 5.71 Å². The van der Waals surface area contributed by atoms with E-state index in [0.29, 0.717) is 23.6 Å². The number of hydrogen-bond donors (Lipinski definition) is 1. The molecular weight excluding hydrogens is 263 g/mol. The van der Waals surface area contributed by atoms with Gasteiger partial charge in [-0.15, -0.1) is 0 Å². The van der Waals surface area contributed by atoms with Crippen molar-refractivity contribution in [3.63, 3.8) is 0 Å². The van der Waals surface area contributed by atoms with Crippen LogP contribution in [0.2, 0.25) is 0 Å². The Bertz CT molecular complexity index is 473. The van der Waals surface area contributed by atoms with Crippen LogP contribution in [0, 0.1) is 5.82 Å². The van der Waals surface area contributed by atoms with Crippen LogP contribution >= 0.6 is 0 Å². The molecule has 1 aliphatic heterocycles. The smallest absolute Gasteiger partial charge is 0.131 e. The molecule has 1 aromatic carbocycles. The first-order valence-corrected chi connectivity index (χ1v) is 6.62. The van der Waals surface area contributed by atoms with Crippen molar-refractivity contribution in [1.82, 2.24) is 4.90 Å². The highest BCUT2D eigenvalue weighted by Gasteiger charge is 2.12. The maximum Gasteiger partial charge on any atom is 0.131 e. The van der Waals surface area contributed by atoms with Crippen molar-refractivity contribution in [2.75, 3.05) is 39.5 Å². The van der Waals surface area contributed by atoms with E-state index in [1.807, 2.05) is 0 Å². The lowest BCUT2D eigenvalue weighted by atomic mass is 10.1. The molecular formula is C14H19FN2O3. The molecule has 0 aromatic heterocycles. The Kier molecular flexibility index (Phi) is 5.31. The lowest BCUT2D eigenvalue weighted by molar-refractivity contribution is 0.0322. The fourth-order valence-corrected chi connectivity index (χ4v) is 2.08. The summed E-state index contributed by atoms with van der Waals surface area (Å²) in [6, 6.07) is 4.18. The lowest BCUT2D eigenvalue weighted by Gasteiger charge is -2.26. The van der Waals surface area contributed by atoms with Gasteiger partial charge in [-0.3, -0.25) is 4.90 Å². The van der Waals surface area contributed by atoms with Crippen LogP contribution in [-0.2, 0) is 4.74 Å². The standard InChI is InChI=1S/C14H19FN2O3/c1-11(16-18)13-3-2-12(15)10-14(13)20-9-6-17-4-7-19-8-5-17/h2-3,10,18H,4-9H2,1H3. The summed E-state index contributed by atoms with van der Waals surface area (Å²) >= 11 is 0. The molecule has 1 fully saturated rings. The molecule has 1 N–H and O–H groups in total. The molecule has 0 radical (unpaired) electrons. The maximum atomic E-state index is 13.3. The van der Waals surface area contributed by atoms with Crippen molar-refractivity contribution in [3.05, 3.63) is 29.6 Å². The third-order valence-electron chi connectivity index (χ3n) is 3.25.